The van der Waals surface area contributed by atoms with Crippen LogP contribution in [-0.4, -0.2) is 22.4 Å². The number of nitrogens with zero attached hydrogens (tertiary/aromatic N) is 3. The van der Waals surface area contributed by atoms with E-state index in [2.05, 4.69) is 23.4 Å². The average molecular weight is 235 g/mol. The van der Waals surface area contributed by atoms with Crippen molar-refractivity contribution in [2.24, 2.45) is 12.8 Å². The maximum absolute atomic E-state index is 9.10. The summed E-state index contributed by atoms with van der Waals surface area (Å²) in [6.07, 6.45) is 3.30. The number of nitrogens with one attached hydrogen (secondary N) is 1. The molecule has 0 saturated heterocycles. The minimum atomic E-state index is 0.205. The average Bonchev–Trinajstić information content (AvgIpc) is 2.58. The SMILES string of the molecule is CCCCC(CN)Nc1c(C#N)c(C)nn1C. The van der Waals surface area contributed by atoms with Crippen molar-refractivity contribution in [1.29, 1.82) is 5.26 Å². The predicted molar refractivity (Wildman–Crippen MR) is 68.7 cm³/mol. The Balaban J connectivity index is 2.82. The predicted octanol–water partition coefficient (Wildman–Crippen LogP) is 1.53. The van der Waals surface area contributed by atoms with Crippen LogP contribution in [0.25, 0.3) is 0 Å². The van der Waals surface area contributed by atoms with E-state index in [1.54, 1.807) is 4.68 Å². The van der Waals surface area contributed by atoms with Crippen molar-refractivity contribution in [3.63, 3.8) is 0 Å². The van der Waals surface area contributed by atoms with Crippen molar-refractivity contribution in [3.8, 4) is 6.07 Å². The zero-order chi connectivity index (χ0) is 12.8. The summed E-state index contributed by atoms with van der Waals surface area (Å²) in [5.41, 5.74) is 7.10. The van der Waals surface area contributed by atoms with Crippen LogP contribution in [0.3, 0.4) is 0 Å². The van der Waals surface area contributed by atoms with Gasteiger partial charge in [-0.2, -0.15) is 10.4 Å². The molecule has 3 N–H and O–H groups in total. The van der Waals surface area contributed by atoms with Gasteiger partial charge in [-0.25, -0.2) is 0 Å². The first-order valence-electron chi connectivity index (χ1n) is 6.04. The fraction of sp³-hybridized carbons (Fsp3) is 0.667. The first-order valence-corrected chi connectivity index (χ1v) is 6.04. The van der Waals surface area contributed by atoms with Gasteiger partial charge >= 0.3 is 0 Å². The Morgan fingerprint density at radius 1 is 1.59 bits per heavy atom. The van der Waals surface area contributed by atoms with Crippen molar-refractivity contribution in [3.05, 3.63) is 11.3 Å². The quantitative estimate of drug-likeness (QED) is 0.783. The van der Waals surface area contributed by atoms with Crippen molar-refractivity contribution in [2.75, 3.05) is 11.9 Å². The summed E-state index contributed by atoms with van der Waals surface area (Å²) >= 11 is 0. The molecule has 0 amide bonds. The van der Waals surface area contributed by atoms with E-state index in [9.17, 15) is 0 Å². The van der Waals surface area contributed by atoms with Gasteiger partial charge in [0, 0.05) is 19.6 Å². The molecule has 0 spiro atoms. The smallest absolute Gasteiger partial charge is 0.142 e. The second-order valence-corrected chi connectivity index (χ2v) is 4.26. The lowest BCUT2D eigenvalue weighted by molar-refractivity contribution is 0.605. The van der Waals surface area contributed by atoms with E-state index in [1.807, 2.05) is 14.0 Å². The second kappa shape index (κ2) is 6.26. The van der Waals surface area contributed by atoms with Gasteiger partial charge in [-0.1, -0.05) is 19.8 Å². The normalized spacial score (nSPS) is 12.2. The molecule has 5 heteroatoms. The highest BCUT2D eigenvalue weighted by atomic mass is 15.3. The molecule has 0 aliphatic heterocycles. The summed E-state index contributed by atoms with van der Waals surface area (Å²) in [6, 6.07) is 2.39. The Bertz CT molecular complexity index is 402. The molecule has 0 bridgehead atoms. The van der Waals surface area contributed by atoms with E-state index in [-0.39, 0.29) is 6.04 Å². The topological polar surface area (TPSA) is 79.7 Å². The minimum Gasteiger partial charge on any atom is -0.365 e. The molecule has 0 fully saturated rings. The molecule has 1 heterocycles. The molecular weight excluding hydrogens is 214 g/mol. The van der Waals surface area contributed by atoms with E-state index in [4.69, 9.17) is 11.0 Å². The number of rotatable bonds is 6. The van der Waals surface area contributed by atoms with Gasteiger partial charge in [0.2, 0.25) is 0 Å². The third-order valence-corrected chi connectivity index (χ3v) is 2.87. The summed E-state index contributed by atoms with van der Waals surface area (Å²) in [7, 11) is 1.84. The summed E-state index contributed by atoms with van der Waals surface area (Å²) in [6.45, 7) is 4.56. The number of aromatic nitrogens is 2. The van der Waals surface area contributed by atoms with Gasteiger partial charge in [0.25, 0.3) is 0 Å². The molecule has 17 heavy (non-hydrogen) atoms. The van der Waals surface area contributed by atoms with Gasteiger partial charge in [0.1, 0.15) is 17.5 Å². The molecule has 1 unspecified atom stereocenters. The van der Waals surface area contributed by atoms with E-state index in [0.717, 1.165) is 30.8 Å². The molecule has 0 aliphatic carbocycles. The van der Waals surface area contributed by atoms with Gasteiger partial charge in [-0.05, 0) is 13.3 Å². The Kier molecular flexibility index (Phi) is 4.98. The molecule has 0 aromatic carbocycles. The third kappa shape index (κ3) is 3.21. The zero-order valence-corrected chi connectivity index (χ0v) is 10.8. The lowest BCUT2D eigenvalue weighted by Gasteiger charge is -2.17. The number of unbranched alkanes of at least 4 members (excludes halogenated alkanes) is 1. The van der Waals surface area contributed by atoms with E-state index >= 15 is 0 Å². The molecule has 0 saturated carbocycles. The Morgan fingerprint density at radius 2 is 2.29 bits per heavy atom. The molecule has 1 atom stereocenters. The second-order valence-electron chi connectivity index (χ2n) is 4.26. The fourth-order valence-electron chi connectivity index (χ4n) is 1.85. The van der Waals surface area contributed by atoms with Gasteiger partial charge < -0.3 is 11.1 Å². The minimum absolute atomic E-state index is 0.205. The highest BCUT2D eigenvalue weighted by molar-refractivity contribution is 5.55. The maximum atomic E-state index is 9.10. The van der Waals surface area contributed by atoms with Crippen molar-refractivity contribution < 1.29 is 0 Å². The van der Waals surface area contributed by atoms with Crippen LogP contribution in [-0.2, 0) is 7.05 Å². The highest BCUT2D eigenvalue weighted by Crippen LogP contribution is 2.19. The van der Waals surface area contributed by atoms with Crippen molar-refractivity contribution in [1.82, 2.24) is 9.78 Å². The van der Waals surface area contributed by atoms with Crippen LogP contribution in [0.2, 0.25) is 0 Å². The van der Waals surface area contributed by atoms with E-state index in [1.165, 1.54) is 0 Å². The summed E-state index contributed by atoms with van der Waals surface area (Å²) in [5, 5.41) is 16.7. The molecule has 1 aromatic rings. The van der Waals surface area contributed by atoms with Gasteiger partial charge in [-0.3, -0.25) is 4.68 Å². The molecule has 5 nitrogen and oxygen atoms in total. The Morgan fingerprint density at radius 3 is 2.82 bits per heavy atom. The summed E-state index contributed by atoms with van der Waals surface area (Å²) < 4.78 is 1.71. The lowest BCUT2D eigenvalue weighted by atomic mass is 10.1. The van der Waals surface area contributed by atoms with Crippen LogP contribution in [0, 0.1) is 18.3 Å². The molecule has 0 radical (unpaired) electrons. The number of nitriles is 1. The lowest BCUT2D eigenvalue weighted by Crippen LogP contribution is -2.30. The van der Waals surface area contributed by atoms with Crippen molar-refractivity contribution in [2.45, 2.75) is 39.2 Å². The fourth-order valence-corrected chi connectivity index (χ4v) is 1.85. The number of hydrogen-bond acceptors (Lipinski definition) is 4. The number of hydrogen-bond donors (Lipinski definition) is 2. The summed E-state index contributed by atoms with van der Waals surface area (Å²) in [4.78, 5) is 0. The monoisotopic (exact) mass is 235 g/mol. The standard InChI is InChI=1S/C12H21N5/c1-4-5-6-10(7-13)15-12-11(8-14)9(2)16-17(12)3/h10,15H,4-7,13H2,1-3H3. The van der Waals surface area contributed by atoms with Gasteiger partial charge in [0.05, 0.1) is 5.69 Å². The summed E-state index contributed by atoms with van der Waals surface area (Å²) in [5.74, 6) is 0.775. The third-order valence-electron chi connectivity index (χ3n) is 2.87. The Hall–Kier alpha value is -1.54. The zero-order valence-electron chi connectivity index (χ0n) is 10.8. The molecule has 0 aliphatic rings. The molecular formula is C12H21N5. The van der Waals surface area contributed by atoms with Crippen LogP contribution in [0.1, 0.15) is 37.4 Å². The van der Waals surface area contributed by atoms with E-state index in [0.29, 0.717) is 12.1 Å². The number of nitrogens with two attached hydrogens (primary N) is 1. The molecule has 1 rings (SSSR count). The number of aryl methyl sites for hydroxylation is 2. The van der Waals surface area contributed by atoms with Crippen LogP contribution >= 0.6 is 0 Å². The highest BCUT2D eigenvalue weighted by Gasteiger charge is 2.15. The van der Waals surface area contributed by atoms with Gasteiger partial charge in [0.15, 0.2) is 0 Å². The molecule has 1 aromatic heterocycles. The number of anilines is 1. The van der Waals surface area contributed by atoms with Gasteiger partial charge in [-0.15, -0.1) is 0 Å². The largest absolute Gasteiger partial charge is 0.365 e. The van der Waals surface area contributed by atoms with Crippen LogP contribution in [0.15, 0.2) is 0 Å². The maximum Gasteiger partial charge on any atom is 0.142 e. The van der Waals surface area contributed by atoms with Crippen LogP contribution in [0.4, 0.5) is 5.82 Å². The first-order chi connectivity index (χ1) is 8.13. The Labute approximate surface area is 103 Å². The van der Waals surface area contributed by atoms with E-state index < -0.39 is 0 Å². The van der Waals surface area contributed by atoms with Crippen LogP contribution < -0.4 is 11.1 Å². The first kappa shape index (κ1) is 13.5. The van der Waals surface area contributed by atoms with Crippen LogP contribution in [0.5, 0.6) is 0 Å². The van der Waals surface area contributed by atoms with Crippen molar-refractivity contribution >= 4 is 5.82 Å². The molecule has 94 valence electrons.